The number of rotatable bonds is 1. The quantitative estimate of drug-likeness (QED) is 0.705. The molecule has 3 nitrogen and oxygen atoms in total. The van der Waals surface area contributed by atoms with Crippen molar-refractivity contribution in [3.63, 3.8) is 0 Å². The lowest BCUT2D eigenvalue weighted by molar-refractivity contribution is 0.370. The third-order valence-electron chi connectivity index (χ3n) is 1.06. The third kappa shape index (κ3) is 1.21. The van der Waals surface area contributed by atoms with E-state index in [2.05, 4.69) is 20.9 Å². The Kier molecular flexibility index (Phi) is 2.11. The summed E-state index contributed by atoms with van der Waals surface area (Å²) in [6.45, 7) is 0. The predicted octanol–water partition coefficient (Wildman–Crippen LogP) is 1.56. The molecule has 0 bridgehead atoms. The fourth-order valence-corrected chi connectivity index (χ4v) is 0.890. The van der Waals surface area contributed by atoms with Gasteiger partial charge in [-0.3, -0.25) is 0 Å². The maximum absolute atomic E-state index is 9.16. The first-order valence-corrected chi connectivity index (χ1v) is 3.42. The van der Waals surface area contributed by atoms with Gasteiger partial charge in [-0.15, -0.1) is 0 Å². The molecule has 0 fully saturated rings. The van der Waals surface area contributed by atoms with E-state index in [0.717, 1.165) is 0 Å². The maximum Gasteiger partial charge on any atom is 0.191 e. The number of aromatic hydroxyl groups is 1. The van der Waals surface area contributed by atoms with Crippen LogP contribution in [0.2, 0.25) is 0 Å². The molecule has 1 aromatic rings. The summed E-state index contributed by atoms with van der Waals surface area (Å²) in [5, 5.41) is 9.16. The highest BCUT2D eigenvalue weighted by atomic mass is 79.9. The predicted molar refractivity (Wildman–Crippen MR) is 40.2 cm³/mol. The lowest BCUT2D eigenvalue weighted by Crippen LogP contribution is -1.84. The molecule has 1 N–H and O–H groups in total. The van der Waals surface area contributed by atoms with Gasteiger partial charge in [-0.05, 0) is 15.9 Å². The molecule has 0 aromatic carbocycles. The van der Waals surface area contributed by atoms with Crippen LogP contribution in [0, 0.1) is 0 Å². The van der Waals surface area contributed by atoms with Crippen molar-refractivity contribution >= 4 is 15.9 Å². The highest BCUT2D eigenvalue weighted by Gasteiger charge is 2.03. The largest absolute Gasteiger partial charge is 0.502 e. The van der Waals surface area contributed by atoms with Crippen LogP contribution in [0.25, 0.3) is 0 Å². The van der Waals surface area contributed by atoms with E-state index in [4.69, 9.17) is 9.84 Å². The van der Waals surface area contributed by atoms with Gasteiger partial charge in [-0.25, -0.2) is 4.98 Å². The number of hydrogen-bond donors (Lipinski definition) is 1. The number of pyridine rings is 1. The Labute approximate surface area is 66.8 Å². The molecule has 0 spiro atoms. The third-order valence-corrected chi connectivity index (χ3v) is 1.64. The summed E-state index contributed by atoms with van der Waals surface area (Å²) < 4.78 is 5.20. The minimum Gasteiger partial charge on any atom is -0.502 e. The zero-order valence-electron chi connectivity index (χ0n) is 5.34. The maximum atomic E-state index is 9.16. The Morgan fingerprint density at radius 3 is 2.90 bits per heavy atom. The molecule has 54 valence electrons. The monoisotopic (exact) mass is 203 g/mol. The van der Waals surface area contributed by atoms with E-state index in [0.29, 0.717) is 10.4 Å². The second-order valence-corrected chi connectivity index (χ2v) is 2.40. The molecule has 0 radical (unpaired) electrons. The lowest BCUT2D eigenvalue weighted by Gasteiger charge is -2.01. The van der Waals surface area contributed by atoms with Crippen LogP contribution >= 0.6 is 15.9 Å². The molecule has 0 amide bonds. The van der Waals surface area contributed by atoms with Crippen LogP contribution in [0.1, 0.15) is 0 Å². The number of ether oxygens (including phenoxy) is 1. The second-order valence-electron chi connectivity index (χ2n) is 1.65. The van der Waals surface area contributed by atoms with Crippen molar-refractivity contribution in [3.05, 3.63) is 16.9 Å². The van der Waals surface area contributed by atoms with E-state index < -0.39 is 0 Å². The lowest BCUT2D eigenvalue weighted by atomic mass is 10.4. The average molecular weight is 204 g/mol. The highest BCUT2D eigenvalue weighted by molar-refractivity contribution is 9.10. The van der Waals surface area contributed by atoms with Gasteiger partial charge in [0.1, 0.15) is 0 Å². The average Bonchev–Trinajstić information content (AvgIpc) is 1.95. The summed E-state index contributed by atoms with van der Waals surface area (Å²) in [6, 6.07) is 1.58. The van der Waals surface area contributed by atoms with E-state index in [1.165, 1.54) is 7.11 Å². The molecule has 1 rings (SSSR count). The number of methoxy groups -OCH3 is 1. The SMILES string of the molecule is COc1ccnc(Br)c1O. The molecular formula is C6H6BrNO2. The van der Waals surface area contributed by atoms with Crippen LogP contribution in [0.15, 0.2) is 16.9 Å². The molecule has 0 saturated carbocycles. The Morgan fingerprint density at radius 1 is 1.70 bits per heavy atom. The van der Waals surface area contributed by atoms with E-state index in [9.17, 15) is 0 Å². The molecular weight excluding hydrogens is 198 g/mol. The van der Waals surface area contributed by atoms with Crippen molar-refractivity contribution in [1.82, 2.24) is 4.98 Å². The number of nitrogens with zero attached hydrogens (tertiary/aromatic N) is 1. The summed E-state index contributed by atoms with van der Waals surface area (Å²) in [6.07, 6.45) is 1.54. The molecule has 0 saturated heterocycles. The van der Waals surface area contributed by atoms with E-state index in [1.54, 1.807) is 12.3 Å². The van der Waals surface area contributed by atoms with Crippen molar-refractivity contribution in [2.45, 2.75) is 0 Å². The Morgan fingerprint density at radius 2 is 2.40 bits per heavy atom. The second kappa shape index (κ2) is 2.88. The number of aromatic nitrogens is 1. The minimum absolute atomic E-state index is 0.0324. The van der Waals surface area contributed by atoms with Gasteiger partial charge in [-0.1, -0.05) is 0 Å². The van der Waals surface area contributed by atoms with Crippen LogP contribution in [-0.4, -0.2) is 17.2 Å². The van der Waals surface area contributed by atoms with Gasteiger partial charge in [0.2, 0.25) is 0 Å². The first kappa shape index (κ1) is 7.34. The Balaban J connectivity index is 3.14. The van der Waals surface area contributed by atoms with Gasteiger partial charge in [0, 0.05) is 12.3 Å². The number of hydrogen-bond acceptors (Lipinski definition) is 3. The topological polar surface area (TPSA) is 42.4 Å². The fourth-order valence-electron chi connectivity index (χ4n) is 0.577. The molecule has 1 heterocycles. The number of halogens is 1. The van der Waals surface area contributed by atoms with Gasteiger partial charge in [0.05, 0.1) is 7.11 Å². The van der Waals surface area contributed by atoms with Crippen LogP contribution in [-0.2, 0) is 0 Å². The summed E-state index contributed by atoms with van der Waals surface area (Å²) in [7, 11) is 1.49. The summed E-state index contributed by atoms with van der Waals surface area (Å²) >= 11 is 3.05. The van der Waals surface area contributed by atoms with Crippen molar-refractivity contribution in [2.75, 3.05) is 7.11 Å². The van der Waals surface area contributed by atoms with E-state index in [1.807, 2.05) is 0 Å². The van der Waals surface area contributed by atoms with Crippen LogP contribution < -0.4 is 4.74 Å². The normalized spacial score (nSPS) is 9.40. The Bertz CT molecular complexity index is 239. The first-order valence-electron chi connectivity index (χ1n) is 2.63. The van der Waals surface area contributed by atoms with Gasteiger partial charge < -0.3 is 9.84 Å². The van der Waals surface area contributed by atoms with E-state index in [-0.39, 0.29) is 5.75 Å². The Hall–Kier alpha value is -0.770. The van der Waals surface area contributed by atoms with Crippen LogP contribution in [0.3, 0.4) is 0 Å². The highest BCUT2D eigenvalue weighted by Crippen LogP contribution is 2.30. The smallest absolute Gasteiger partial charge is 0.191 e. The van der Waals surface area contributed by atoms with Gasteiger partial charge >= 0.3 is 0 Å². The van der Waals surface area contributed by atoms with Crippen molar-refractivity contribution in [1.29, 1.82) is 0 Å². The summed E-state index contributed by atoms with van der Waals surface area (Å²) in [5.74, 6) is 0.451. The molecule has 1 aromatic heterocycles. The van der Waals surface area contributed by atoms with Crippen LogP contribution in [0.4, 0.5) is 0 Å². The standard InChI is InChI=1S/C6H6BrNO2/c1-10-4-2-3-8-6(7)5(4)9/h2-3,9H,1H3. The molecule has 0 aliphatic carbocycles. The summed E-state index contributed by atoms with van der Waals surface area (Å²) in [5.41, 5.74) is 0. The molecule has 10 heavy (non-hydrogen) atoms. The molecule has 0 aliphatic heterocycles. The molecule has 0 unspecified atom stereocenters. The minimum atomic E-state index is 0.0324. The molecule has 0 atom stereocenters. The van der Waals surface area contributed by atoms with Gasteiger partial charge in [-0.2, -0.15) is 0 Å². The zero-order chi connectivity index (χ0) is 7.56. The molecule has 4 heteroatoms. The van der Waals surface area contributed by atoms with Crippen molar-refractivity contribution in [2.24, 2.45) is 0 Å². The summed E-state index contributed by atoms with van der Waals surface area (Å²) in [4.78, 5) is 3.77. The molecule has 0 aliphatic rings. The van der Waals surface area contributed by atoms with Gasteiger partial charge in [0.15, 0.2) is 16.1 Å². The van der Waals surface area contributed by atoms with Crippen molar-refractivity contribution in [3.8, 4) is 11.5 Å². The van der Waals surface area contributed by atoms with Crippen LogP contribution in [0.5, 0.6) is 11.5 Å². The van der Waals surface area contributed by atoms with E-state index >= 15 is 0 Å². The van der Waals surface area contributed by atoms with Crippen molar-refractivity contribution < 1.29 is 9.84 Å². The van der Waals surface area contributed by atoms with Gasteiger partial charge in [0.25, 0.3) is 0 Å². The first-order chi connectivity index (χ1) is 4.75. The fraction of sp³-hybridized carbons (Fsp3) is 0.167. The zero-order valence-corrected chi connectivity index (χ0v) is 6.92.